The highest BCUT2D eigenvalue weighted by atomic mass is 19.2. The maximum absolute atomic E-state index is 13.5. The van der Waals surface area contributed by atoms with E-state index in [4.69, 9.17) is 0 Å². The van der Waals surface area contributed by atoms with Crippen LogP contribution in [0.5, 0.6) is 0 Å². The molecule has 0 amide bonds. The highest BCUT2D eigenvalue weighted by Gasteiger charge is 2.25. The summed E-state index contributed by atoms with van der Waals surface area (Å²) < 4.78 is 67.0. The lowest BCUT2D eigenvalue weighted by atomic mass is 10.1. The zero-order chi connectivity index (χ0) is 15.6. The van der Waals surface area contributed by atoms with Crippen molar-refractivity contribution in [1.82, 2.24) is 20.3 Å². The van der Waals surface area contributed by atoms with Gasteiger partial charge in [0.05, 0.1) is 24.0 Å². The Morgan fingerprint density at radius 1 is 1.00 bits per heavy atom. The van der Waals surface area contributed by atoms with Crippen LogP contribution in [0, 0.1) is 29.1 Å². The normalized spacial score (nSPS) is 11.1. The number of nitrogens with zero attached hydrogens (tertiary/aromatic N) is 3. The molecule has 114 valence electrons. The number of rotatable bonds is 5. The van der Waals surface area contributed by atoms with E-state index in [1.54, 1.807) is 0 Å². The fourth-order valence-electron chi connectivity index (χ4n) is 1.70. The van der Waals surface area contributed by atoms with Gasteiger partial charge in [-0.15, -0.1) is 5.10 Å². The molecule has 0 unspecified atom stereocenters. The van der Waals surface area contributed by atoms with E-state index in [0.717, 1.165) is 4.68 Å². The Labute approximate surface area is 116 Å². The van der Waals surface area contributed by atoms with Gasteiger partial charge in [-0.2, -0.15) is 0 Å². The fourth-order valence-corrected chi connectivity index (χ4v) is 1.70. The smallest absolute Gasteiger partial charge is 0.200 e. The van der Waals surface area contributed by atoms with Gasteiger partial charge in [0.25, 0.3) is 0 Å². The van der Waals surface area contributed by atoms with Crippen molar-refractivity contribution < 1.29 is 22.0 Å². The number of benzene rings is 1. The van der Waals surface area contributed by atoms with Crippen molar-refractivity contribution in [3.05, 3.63) is 46.5 Å². The summed E-state index contributed by atoms with van der Waals surface area (Å²) >= 11 is 0. The number of nitrogens with one attached hydrogen (secondary N) is 1. The molecule has 0 bridgehead atoms. The summed E-state index contributed by atoms with van der Waals surface area (Å²) in [7, 11) is 0. The number of halogens is 5. The molecule has 0 saturated carbocycles. The standard InChI is InChI=1S/C12H11F5N4/c1-2-18-3-6-4-21(20-19-6)5-7-8(13)10(15)12(17)11(16)9(7)14/h4,18H,2-3,5H2,1H3. The largest absolute Gasteiger partial charge is 0.311 e. The molecule has 2 rings (SSSR count). The second kappa shape index (κ2) is 6.17. The number of hydrogen-bond donors (Lipinski definition) is 1. The summed E-state index contributed by atoms with van der Waals surface area (Å²) in [5.74, 6) is -9.86. The predicted molar refractivity (Wildman–Crippen MR) is 62.7 cm³/mol. The molecule has 21 heavy (non-hydrogen) atoms. The van der Waals surface area contributed by atoms with Crippen LogP contribution in [0.15, 0.2) is 6.20 Å². The Bertz CT molecular complexity index is 626. The summed E-state index contributed by atoms with van der Waals surface area (Å²) in [6.07, 6.45) is 1.36. The molecule has 0 aliphatic rings. The first-order valence-corrected chi connectivity index (χ1v) is 6.05. The molecule has 0 atom stereocenters. The Kier molecular flexibility index (Phi) is 4.51. The minimum absolute atomic E-state index is 0.383. The molecule has 0 aliphatic carbocycles. The highest BCUT2D eigenvalue weighted by molar-refractivity contribution is 5.24. The van der Waals surface area contributed by atoms with E-state index in [9.17, 15) is 22.0 Å². The van der Waals surface area contributed by atoms with Gasteiger partial charge in [-0.05, 0) is 6.54 Å². The van der Waals surface area contributed by atoms with E-state index in [2.05, 4.69) is 15.6 Å². The van der Waals surface area contributed by atoms with Crippen LogP contribution >= 0.6 is 0 Å². The summed E-state index contributed by atoms with van der Waals surface area (Å²) in [4.78, 5) is 0. The lowest BCUT2D eigenvalue weighted by Crippen LogP contribution is -2.12. The first-order chi connectivity index (χ1) is 9.95. The summed E-state index contributed by atoms with van der Waals surface area (Å²) in [5.41, 5.74) is -0.466. The van der Waals surface area contributed by atoms with Gasteiger partial charge in [0, 0.05) is 6.54 Å². The Hall–Kier alpha value is -2.03. The SMILES string of the molecule is CCNCc1cn(Cc2c(F)c(F)c(F)c(F)c2F)nn1. The Balaban J connectivity index is 2.29. The topological polar surface area (TPSA) is 42.7 Å². The van der Waals surface area contributed by atoms with E-state index in [0.29, 0.717) is 18.8 Å². The second-order valence-corrected chi connectivity index (χ2v) is 4.24. The molecule has 0 aliphatic heterocycles. The monoisotopic (exact) mass is 306 g/mol. The third kappa shape index (κ3) is 3.02. The van der Waals surface area contributed by atoms with Gasteiger partial charge in [-0.25, -0.2) is 26.6 Å². The maximum atomic E-state index is 13.5. The minimum Gasteiger partial charge on any atom is -0.311 e. The number of aromatic nitrogens is 3. The molecular formula is C12H11F5N4. The van der Waals surface area contributed by atoms with Gasteiger partial charge in [0.1, 0.15) is 0 Å². The predicted octanol–water partition coefficient (Wildman–Crippen LogP) is 2.13. The van der Waals surface area contributed by atoms with E-state index < -0.39 is 41.2 Å². The van der Waals surface area contributed by atoms with Crippen molar-refractivity contribution in [2.45, 2.75) is 20.0 Å². The quantitative estimate of drug-likeness (QED) is 0.523. The highest BCUT2D eigenvalue weighted by Crippen LogP contribution is 2.23. The molecule has 0 fully saturated rings. The van der Waals surface area contributed by atoms with Crippen molar-refractivity contribution in [1.29, 1.82) is 0 Å². The summed E-state index contributed by atoms with van der Waals surface area (Å²) in [6.45, 7) is 2.34. The lowest BCUT2D eigenvalue weighted by molar-refractivity contribution is 0.366. The molecule has 1 N–H and O–H groups in total. The third-order valence-electron chi connectivity index (χ3n) is 2.76. The van der Waals surface area contributed by atoms with Gasteiger partial charge >= 0.3 is 0 Å². The summed E-state index contributed by atoms with van der Waals surface area (Å²) in [6, 6.07) is 0. The van der Waals surface area contributed by atoms with Gasteiger partial charge in [0.2, 0.25) is 5.82 Å². The Morgan fingerprint density at radius 3 is 2.14 bits per heavy atom. The first-order valence-electron chi connectivity index (χ1n) is 6.05. The molecule has 0 saturated heterocycles. The van der Waals surface area contributed by atoms with Gasteiger partial charge < -0.3 is 5.32 Å². The fraction of sp³-hybridized carbons (Fsp3) is 0.333. The second-order valence-electron chi connectivity index (χ2n) is 4.24. The molecular weight excluding hydrogens is 295 g/mol. The van der Waals surface area contributed by atoms with Crippen LogP contribution in [0.3, 0.4) is 0 Å². The average Bonchev–Trinajstić information content (AvgIpc) is 2.93. The van der Waals surface area contributed by atoms with Crippen LogP contribution in [-0.2, 0) is 13.1 Å². The van der Waals surface area contributed by atoms with Crippen LogP contribution in [0.25, 0.3) is 0 Å². The van der Waals surface area contributed by atoms with E-state index in [1.807, 2.05) is 6.92 Å². The van der Waals surface area contributed by atoms with Crippen LogP contribution in [0.2, 0.25) is 0 Å². The zero-order valence-corrected chi connectivity index (χ0v) is 10.9. The van der Waals surface area contributed by atoms with E-state index in [-0.39, 0.29) is 0 Å². The van der Waals surface area contributed by atoms with E-state index >= 15 is 0 Å². The molecule has 0 spiro atoms. The minimum atomic E-state index is -2.18. The van der Waals surface area contributed by atoms with Crippen LogP contribution in [-0.4, -0.2) is 21.5 Å². The van der Waals surface area contributed by atoms with Crippen LogP contribution < -0.4 is 5.32 Å². The molecule has 1 heterocycles. The van der Waals surface area contributed by atoms with Crippen molar-refractivity contribution in [2.24, 2.45) is 0 Å². The van der Waals surface area contributed by atoms with Crippen LogP contribution in [0.4, 0.5) is 22.0 Å². The van der Waals surface area contributed by atoms with Gasteiger partial charge in [-0.3, -0.25) is 0 Å². The van der Waals surface area contributed by atoms with Crippen molar-refractivity contribution in [3.63, 3.8) is 0 Å². The first kappa shape index (κ1) is 15.4. The Morgan fingerprint density at radius 2 is 1.57 bits per heavy atom. The lowest BCUT2D eigenvalue weighted by Gasteiger charge is -2.07. The van der Waals surface area contributed by atoms with Crippen molar-refractivity contribution in [2.75, 3.05) is 6.54 Å². The van der Waals surface area contributed by atoms with E-state index in [1.165, 1.54) is 6.20 Å². The van der Waals surface area contributed by atoms with Crippen molar-refractivity contribution >= 4 is 0 Å². The molecule has 2 aromatic rings. The summed E-state index contributed by atoms with van der Waals surface area (Å²) in [5, 5.41) is 10.3. The van der Waals surface area contributed by atoms with Crippen LogP contribution in [0.1, 0.15) is 18.2 Å². The average molecular weight is 306 g/mol. The molecule has 1 aromatic heterocycles. The molecule has 9 heteroatoms. The number of hydrogen-bond acceptors (Lipinski definition) is 3. The van der Waals surface area contributed by atoms with Crippen molar-refractivity contribution in [3.8, 4) is 0 Å². The maximum Gasteiger partial charge on any atom is 0.200 e. The molecule has 1 aromatic carbocycles. The third-order valence-corrected chi connectivity index (χ3v) is 2.76. The van der Waals surface area contributed by atoms with Gasteiger partial charge in [0.15, 0.2) is 23.3 Å². The molecule has 4 nitrogen and oxygen atoms in total. The molecule has 0 radical (unpaired) electrons. The van der Waals surface area contributed by atoms with Gasteiger partial charge in [-0.1, -0.05) is 12.1 Å². The zero-order valence-electron chi connectivity index (χ0n) is 10.9.